The lowest BCUT2D eigenvalue weighted by molar-refractivity contribution is -0.123. The second-order valence-corrected chi connectivity index (χ2v) is 6.44. The zero-order chi connectivity index (χ0) is 17.5. The van der Waals surface area contributed by atoms with Gasteiger partial charge in [0, 0.05) is 5.02 Å². The fourth-order valence-electron chi connectivity index (χ4n) is 1.96. The molecular formula is C18H18BrClN2O2. The molecule has 126 valence electrons. The largest absolute Gasteiger partial charge is 0.483 e. The second-order valence-electron chi connectivity index (χ2n) is 5.15. The molecule has 0 fully saturated rings. The molecule has 0 saturated carbocycles. The Kier molecular flexibility index (Phi) is 6.82. The molecule has 0 aliphatic heterocycles. The predicted molar refractivity (Wildman–Crippen MR) is 101 cm³/mol. The van der Waals surface area contributed by atoms with Crippen molar-refractivity contribution in [3.63, 3.8) is 0 Å². The first-order valence-electron chi connectivity index (χ1n) is 7.50. The fraction of sp³-hybridized carbons (Fsp3) is 0.222. The Bertz CT molecular complexity index is 745. The number of halogens is 2. The van der Waals surface area contributed by atoms with E-state index in [2.05, 4.69) is 45.5 Å². The summed E-state index contributed by atoms with van der Waals surface area (Å²) in [5.41, 5.74) is 5.46. The van der Waals surface area contributed by atoms with Crippen LogP contribution in [0.15, 0.2) is 52.0 Å². The first-order valence-corrected chi connectivity index (χ1v) is 8.67. The average molecular weight is 410 g/mol. The molecule has 0 bridgehead atoms. The number of rotatable bonds is 6. The lowest BCUT2D eigenvalue weighted by atomic mass is 10.1. The third kappa shape index (κ3) is 5.35. The average Bonchev–Trinajstić information content (AvgIpc) is 2.59. The van der Waals surface area contributed by atoms with Crippen LogP contribution < -0.4 is 10.2 Å². The van der Waals surface area contributed by atoms with Crippen molar-refractivity contribution in [1.82, 2.24) is 5.43 Å². The molecule has 4 nitrogen and oxygen atoms in total. The van der Waals surface area contributed by atoms with Gasteiger partial charge >= 0.3 is 0 Å². The molecule has 0 atom stereocenters. The quantitative estimate of drug-likeness (QED) is 0.560. The van der Waals surface area contributed by atoms with Gasteiger partial charge in [-0.15, -0.1) is 0 Å². The molecule has 0 spiro atoms. The number of nitrogens with one attached hydrogen (secondary N) is 1. The Balaban J connectivity index is 1.89. The smallest absolute Gasteiger partial charge is 0.277 e. The van der Waals surface area contributed by atoms with Crippen LogP contribution in [-0.2, 0) is 11.2 Å². The summed E-state index contributed by atoms with van der Waals surface area (Å²) < 4.78 is 6.13. The third-order valence-corrected chi connectivity index (χ3v) is 4.24. The molecule has 2 aromatic rings. The summed E-state index contributed by atoms with van der Waals surface area (Å²) in [5.74, 6) is 0.215. The van der Waals surface area contributed by atoms with Crippen LogP contribution in [0.3, 0.4) is 0 Å². The van der Waals surface area contributed by atoms with Gasteiger partial charge in [0.05, 0.1) is 10.2 Å². The number of nitrogens with zero attached hydrogens (tertiary/aromatic N) is 1. The van der Waals surface area contributed by atoms with Crippen molar-refractivity contribution in [1.29, 1.82) is 0 Å². The van der Waals surface area contributed by atoms with E-state index in [-0.39, 0.29) is 12.5 Å². The summed E-state index contributed by atoms with van der Waals surface area (Å²) in [7, 11) is 0. The number of hydrazone groups is 1. The Morgan fingerprint density at radius 3 is 2.58 bits per heavy atom. The van der Waals surface area contributed by atoms with Crippen LogP contribution in [0.25, 0.3) is 0 Å². The molecule has 1 N–H and O–H groups in total. The van der Waals surface area contributed by atoms with E-state index in [0.717, 1.165) is 17.7 Å². The van der Waals surface area contributed by atoms with Crippen molar-refractivity contribution in [3.8, 4) is 5.75 Å². The molecule has 0 aliphatic carbocycles. The summed E-state index contributed by atoms with van der Waals surface area (Å²) in [4.78, 5) is 11.8. The zero-order valence-corrected chi connectivity index (χ0v) is 15.8. The molecule has 0 aliphatic rings. The number of hydrogen-bond donors (Lipinski definition) is 1. The highest BCUT2D eigenvalue weighted by Crippen LogP contribution is 2.27. The first-order chi connectivity index (χ1) is 11.5. The second kappa shape index (κ2) is 8.85. The van der Waals surface area contributed by atoms with Gasteiger partial charge in [-0.1, -0.05) is 42.8 Å². The third-order valence-electron chi connectivity index (χ3n) is 3.38. The van der Waals surface area contributed by atoms with Crippen molar-refractivity contribution >= 4 is 39.1 Å². The van der Waals surface area contributed by atoms with Crippen LogP contribution in [0.4, 0.5) is 0 Å². The molecule has 0 unspecified atom stereocenters. The molecule has 2 rings (SSSR count). The van der Waals surface area contributed by atoms with Gasteiger partial charge in [-0.2, -0.15) is 5.10 Å². The number of aryl methyl sites for hydroxylation is 1. The minimum Gasteiger partial charge on any atom is -0.483 e. The van der Waals surface area contributed by atoms with E-state index < -0.39 is 0 Å². The Labute approximate surface area is 155 Å². The number of ether oxygens (including phenoxy) is 1. The monoisotopic (exact) mass is 408 g/mol. The van der Waals surface area contributed by atoms with E-state index >= 15 is 0 Å². The molecule has 2 aromatic carbocycles. The van der Waals surface area contributed by atoms with E-state index in [1.54, 1.807) is 18.2 Å². The summed E-state index contributed by atoms with van der Waals surface area (Å²) in [6.45, 7) is 3.82. The standard InChI is InChI=1S/C18H18BrClN2O2/c1-3-13-4-6-14(7-5-13)12(2)21-22-18(23)11-24-17-9-8-15(20)10-16(17)19/h4-10H,3,11H2,1-2H3,(H,22,23)/b21-12-. The molecule has 24 heavy (non-hydrogen) atoms. The minimum atomic E-state index is -0.332. The van der Waals surface area contributed by atoms with Gasteiger partial charge in [0.1, 0.15) is 5.75 Å². The van der Waals surface area contributed by atoms with Crippen molar-refractivity contribution in [3.05, 3.63) is 63.1 Å². The minimum absolute atomic E-state index is 0.133. The lowest BCUT2D eigenvalue weighted by Crippen LogP contribution is -2.25. The van der Waals surface area contributed by atoms with Crippen molar-refractivity contribution in [2.75, 3.05) is 6.61 Å². The normalized spacial score (nSPS) is 11.2. The number of amides is 1. The van der Waals surface area contributed by atoms with E-state index in [1.165, 1.54) is 5.56 Å². The van der Waals surface area contributed by atoms with Crippen molar-refractivity contribution < 1.29 is 9.53 Å². The van der Waals surface area contributed by atoms with Gasteiger partial charge in [0.2, 0.25) is 0 Å². The zero-order valence-electron chi connectivity index (χ0n) is 13.5. The maximum atomic E-state index is 11.8. The highest BCUT2D eigenvalue weighted by Gasteiger charge is 2.06. The highest BCUT2D eigenvalue weighted by atomic mass is 79.9. The van der Waals surface area contributed by atoms with Crippen LogP contribution >= 0.6 is 27.5 Å². The summed E-state index contributed by atoms with van der Waals surface area (Å²) in [6.07, 6.45) is 0.991. The summed E-state index contributed by atoms with van der Waals surface area (Å²) >= 11 is 9.19. The molecular weight excluding hydrogens is 392 g/mol. The summed E-state index contributed by atoms with van der Waals surface area (Å²) in [6, 6.07) is 13.2. The van der Waals surface area contributed by atoms with Gasteiger partial charge in [0.15, 0.2) is 6.61 Å². The van der Waals surface area contributed by atoms with Gasteiger partial charge in [-0.3, -0.25) is 4.79 Å². The van der Waals surface area contributed by atoms with Crippen molar-refractivity contribution in [2.24, 2.45) is 5.10 Å². The van der Waals surface area contributed by atoms with Gasteiger partial charge in [0.25, 0.3) is 5.91 Å². The van der Waals surface area contributed by atoms with E-state index in [1.807, 2.05) is 19.1 Å². The first kappa shape index (κ1) is 18.5. The number of carbonyl (C=O) groups excluding carboxylic acids is 1. The number of hydrogen-bond acceptors (Lipinski definition) is 3. The van der Waals surface area contributed by atoms with Crippen LogP contribution in [0.1, 0.15) is 25.0 Å². The van der Waals surface area contributed by atoms with Crippen LogP contribution in [0, 0.1) is 0 Å². The van der Waals surface area contributed by atoms with Gasteiger partial charge < -0.3 is 4.74 Å². The maximum absolute atomic E-state index is 11.8. The van der Waals surface area contributed by atoms with E-state index in [0.29, 0.717) is 15.2 Å². The highest BCUT2D eigenvalue weighted by molar-refractivity contribution is 9.10. The predicted octanol–water partition coefficient (Wildman–Crippen LogP) is 4.58. The molecule has 1 amide bonds. The summed E-state index contributed by atoms with van der Waals surface area (Å²) in [5, 5.41) is 4.69. The number of benzene rings is 2. The lowest BCUT2D eigenvalue weighted by Gasteiger charge is -2.08. The molecule has 6 heteroatoms. The van der Waals surface area contributed by atoms with Gasteiger partial charge in [-0.25, -0.2) is 5.43 Å². The van der Waals surface area contributed by atoms with Crippen LogP contribution in [0.2, 0.25) is 5.02 Å². The Morgan fingerprint density at radius 2 is 1.96 bits per heavy atom. The topological polar surface area (TPSA) is 50.7 Å². The van der Waals surface area contributed by atoms with Crippen LogP contribution in [-0.4, -0.2) is 18.2 Å². The Hall–Kier alpha value is -1.85. The molecule has 0 radical (unpaired) electrons. The molecule has 0 heterocycles. The molecule has 0 aromatic heterocycles. The Morgan fingerprint density at radius 1 is 1.25 bits per heavy atom. The van der Waals surface area contributed by atoms with Crippen molar-refractivity contribution in [2.45, 2.75) is 20.3 Å². The van der Waals surface area contributed by atoms with Crippen LogP contribution in [0.5, 0.6) is 5.75 Å². The SMILES string of the molecule is CCc1ccc(/C(C)=N\NC(=O)COc2ccc(Cl)cc2Br)cc1. The van der Waals surface area contributed by atoms with E-state index in [4.69, 9.17) is 16.3 Å². The van der Waals surface area contributed by atoms with Gasteiger partial charge in [-0.05, 0) is 58.6 Å². The van der Waals surface area contributed by atoms with E-state index in [9.17, 15) is 4.79 Å². The molecule has 0 saturated heterocycles. The fourth-order valence-corrected chi connectivity index (χ4v) is 2.76. The number of carbonyl (C=O) groups is 1. The maximum Gasteiger partial charge on any atom is 0.277 e.